The first kappa shape index (κ1) is 46.6. The minimum atomic E-state index is -1.39. The van der Waals surface area contributed by atoms with E-state index >= 15 is 0 Å². The summed E-state index contributed by atoms with van der Waals surface area (Å²) in [5, 5.41) is 24.9. The molecule has 10 nitrogen and oxygen atoms in total. The van der Waals surface area contributed by atoms with Crippen LogP contribution >= 0.6 is 0 Å². The van der Waals surface area contributed by atoms with Gasteiger partial charge in [-0.25, -0.2) is 4.79 Å². The zero-order valence-electron chi connectivity index (χ0n) is 38.0. The molecule has 0 bridgehead atoms. The Morgan fingerprint density at radius 2 is 1.56 bits per heavy atom. The molecule has 4 aromatic rings. The largest absolute Gasteiger partial charge is 0.459 e. The monoisotopic (exact) mass is 870 g/mol. The second-order valence-electron chi connectivity index (χ2n) is 18.2. The SMILES string of the molecule is C=CCO[C@@]12Oc3ccc(Oc4ccc(-c5ccccc5)cc4)cc3[C@H]3[C@H](CCCCO)[C@@H](CCCCO)C=C(C(=NOC(C)(C)C)C[C@@H]1N(CCC)C(=O)OCc1ccccc1)[C@H]32. The fourth-order valence-electron chi connectivity index (χ4n) is 9.80. The highest BCUT2D eigenvalue weighted by Crippen LogP contribution is 2.62. The molecular formula is C54H66N2O8. The first-order valence-electron chi connectivity index (χ1n) is 23.2. The molecule has 0 spiro atoms. The number of amides is 1. The van der Waals surface area contributed by atoms with E-state index in [0.29, 0.717) is 43.1 Å². The predicted molar refractivity (Wildman–Crippen MR) is 251 cm³/mol. The molecule has 2 aliphatic carbocycles. The van der Waals surface area contributed by atoms with E-state index < -0.39 is 29.4 Å². The van der Waals surface area contributed by atoms with Gasteiger partial charge in [0.2, 0.25) is 5.79 Å². The molecule has 64 heavy (non-hydrogen) atoms. The van der Waals surface area contributed by atoms with Crippen molar-refractivity contribution in [3.8, 4) is 28.4 Å². The minimum absolute atomic E-state index is 0.0712. The lowest BCUT2D eigenvalue weighted by molar-refractivity contribution is -0.255. The van der Waals surface area contributed by atoms with Crippen LogP contribution in [0.3, 0.4) is 0 Å². The summed E-state index contributed by atoms with van der Waals surface area (Å²) >= 11 is 0. The van der Waals surface area contributed by atoms with Gasteiger partial charge in [-0.05, 0) is 117 Å². The molecule has 1 saturated carbocycles. The molecule has 1 heterocycles. The number of unbranched alkanes of at least 4 members (excludes halogenated alkanes) is 2. The number of oxime groups is 1. The third-order valence-corrected chi connectivity index (χ3v) is 12.6. The van der Waals surface area contributed by atoms with Gasteiger partial charge in [-0.1, -0.05) is 110 Å². The molecule has 2 N–H and O–H groups in total. The molecule has 1 fully saturated rings. The van der Waals surface area contributed by atoms with E-state index in [4.69, 9.17) is 28.9 Å². The van der Waals surface area contributed by atoms with Gasteiger partial charge in [0.25, 0.3) is 0 Å². The van der Waals surface area contributed by atoms with E-state index in [1.54, 1.807) is 11.0 Å². The Balaban J connectivity index is 1.39. The molecule has 10 heteroatoms. The summed E-state index contributed by atoms with van der Waals surface area (Å²) in [4.78, 5) is 22.6. The standard InChI is InChI=1S/C54H66N2O8/c1-6-30-56(52(59)60-37-38-18-10-8-11-19-38)49-36-47(55-64-53(3,4)5)45-34-41(22-14-16-31-57)44(23-15-17-32-58)50-46-35-43(28-29-48(46)63-54(49,51(45)50)61-33-7-2)62-42-26-24-40(25-27-42)39-20-12-9-13-21-39/h7-13,18-21,24-29,34-35,41,44,49-51,57-58H,2,6,14-17,22-23,30-33,36-37H2,1,3-5H3/t41-,44+,49-,50+,51+,54+/m0/s1. The smallest absolute Gasteiger partial charge is 0.410 e. The summed E-state index contributed by atoms with van der Waals surface area (Å²) in [6.07, 6.45) is 9.26. The Labute approximate surface area is 379 Å². The van der Waals surface area contributed by atoms with E-state index in [0.717, 1.165) is 59.2 Å². The van der Waals surface area contributed by atoms with Crippen molar-refractivity contribution in [1.29, 1.82) is 0 Å². The highest BCUT2D eigenvalue weighted by molar-refractivity contribution is 6.03. The second kappa shape index (κ2) is 21.5. The van der Waals surface area contributed by atoms with E-state index in [2.05, 4.69) is 43.0 Å². The lowest BCUT2D eigenvalue weighted by atomic mass is 9.55. The maximum Gasteiger partial charge on any atom is 0.410 e. The highest BCUT2D eigenvalue weighted by atomic mass is 16.7. The molecular weight excluding hydrogens is 805 g/mol. The Hall–Kier alpha value is -5.42. The van der Waals surface area contributed by atoms with Crippen molar-refractivity contribution in [2.24, 2.45) is 22.9 Å². The topological polar surface area (TPSA) is 119 Å². The Morgan fingerprint density at radius 3 is 2.23 bits per heavy atom. The van der Waals surface area contributed by atoms with Crippen molar-refractivity contribution in [1.82, 2.24) is 4.90 Å². The highest BCUT2D eigenvalue weighted by Gasteiger charge is 2.65. The number of hydrogen-bond acceptors (Lipinski definition) is 9. The number of aliphatic hydroxyl groups excluding tert-OH is 2. The van der Waals surface area contributed by atoms with Gasteiger partial charge in [-0.15, -0.1) is 6.58 Å². The van der Waals surface area contributed by atoms with Crippen molar-refractivity contribution in [2.45, 2.75) is 109 Å². The van der Waals surface area contributed by atoms with Gasteiger partial charge in [0.05, 0.1) is 18.2 Å². The fourth-order valence-corrected chi connectivity index (χ4v) is 9.80. The van der Waals surface area contributed by atoms with Crippen LogP contribution in [-0.2, 0) is 20.9 Å². The van der Waals surface area contributed by atoms with Crippen molar-refractivity contribution in [3.05, 3.63) is 139 Å². The number of allylic oxidation sites excluding steroid dienone is 1. The molecule has 3 aliphatic rings. The summed E-state index contributed by atoms with van der Waals surface area (Å²) in [5.41, 5.74) is 5.23. The zero-order valence-corrected chi connectivity index (χ0v) is 38.0. The Kier molecular flexibility index (Phi) is 15.6. The summed E-state index contributed by atoms with van der Waals surface area (Å²) < 4.78 is 27.3. The van der Waals surface area contributed by atoms with Gasteiger partial charge < -0.3 is 34.0 Å². The summed E-state index contributed by atoms with van der Waals surface area (Å²) in [7, 11) is 0. The van der Waals surface area contributed by atoms with Crippen LogP contribution in [0.15, 0.2) is 133 Å². The van der Waals surface area contributed by atoms with Crippen LogP contribution in [-0.4, -0.2) is 70.7 Å². The van der Waals surface area contributed by atoms with Gasteiger partial charge >= 0.3 is 6.09 Å². The molecule has 0 aromatic heterocycles. The van der Waals surface area contributed by atoms with Crippen molar-refractivity contribution >= 4 is 11.8 Å². The van der Waals surface area contributed by atoms with Crippen molar-refractivity contribution in [2.75, 3.05) is 26.4 Å². The first-order valence-corrected chi connectivity index (χ1v) is 23.2. The number of carbonyl (C=O) groups is 1. The average Bonchev–Trinajstić information content (AvgIpc) is 3.30. The molecule has 6 atom stereocenters. The van der Waals surface area contributed by atoms with Crippen LogP contribution < -0.4 is 9.47 Å². The average molecular weight is 871 g/mol. The van der Waals surface area contributed by atoms with Gasteiger partial charge in [0, 0.05) is 37.7 Å². The van der Waals surface area contributed by atoms with E-state index in [1.165, 1.54) is 0 Å². The summed E-state index contributed by atoms with van der Waals surface area (Å²) in [6, 6.07) is 33.4. The summed E-state index contributed by atoms with van der Waals surface area (Å²) in [5.74, 6) is 0.177. The molecule has 7 rings (SSSR count). The molecule has 0 radical (unpaired) electrons. The summed E-state index contributed by atoms with van der Waals surface area (Å²) in [6.45, 7) is 12.9. The second-order valence-corrected chi connectivity index (χ2v) is 18.2. The van der Waals surface area contributed by atoms with Gasteiger partial charge in [-0.2, -0.15) is 0 Å². The maximum absolute atomic E-state index is 14.6. The van der Waals surface area contributed by atoms with Crippen LogP contribution in [0.5, 0.6) is 17.2 Å². The normalized spacial score (nSPS) is 22.9. The van der Waals surface area contributed by atoms with E-state index in [9.17, 15) is 15.0 Å². The van der Waals surface area contributed by atoms with Crippen LogP contribution in [0.25, 0.3) is 11.1 Å². The van der Waals surface area contributed by atoms with Crippen molar-refractivity contribution < 1.29 is 38.8 Å². The number of carbonyl (C=O) groups excluding carboxylic acids is 1. The van der Waals surface area contributed by atoms with E-state index in [-0.39, 0.29) is 50.6 Å². The molecule has 1 aliphatic heterocycles. The number of nitrogens with zero attached hydrogens (tertiary/aromatic N) is 2. The minimum Gasteiger partial charge on any atom is -0.459 e. The number of benzene rings is 4. The van der Waals surface area contributed by atoms with Gasteiger partial charge in [0.15, 0.2) is 0 Å². The lowest BCUT2D eigenvalue weighted by Gasteiger charge is -2.60. The van der Waals surface area contributed by atoms with Gasteiger partial charge in [0.1, 0.15) is 35.5 Å². The fraction of sp³-hybridized carbons (Fsp3) is 0.444. The van der Waals surface area contributed by atoms with Crippen LogP contribution in [0.4, 0.5) is 4.79 Å². The lowest BCUT2D eigenvalue weighted by Crippen LogP contribution is -2.70. The van der Waals surface area contributed by atoms with Crippen LogP contribution in [0.1, 0.15) is 96.1 Å². The molecule has 1 amide bonds. The Morgan fingerprint density at radius 1 is 0.891 bits per heavy atom. The van der Waals surface area contributed by atoms with Crippen LogP contribution in [0, 0.1) is 17.8 Å². The number of fused-ring (bicyclic) bond motifs is 2. The van der Waals surface area contributed by atoms with Gasteiger partial charge in [-0.3, -0.25) is 4.90 Å². The number of aliphatic hydroxyl groups is 2. The predicted octanol–water partition coefficient (Wildman–Crippen LogP) is 11.6. The Bertz CT molecular complexity index is 2200. The zero-order chi connectivity index (χ0) is 45.1. The maximum atomic E-state index is 14.6. The third-order valence-electron chi connectivity index (χ3n) is 12.6. The van der Waals surface area contributed by atoms with Crippen molar-refractivity contribution in [3.63, 3.8) is 0 Å². The number of ether oxygens (including phenoxy) is 4. The third kappa shape index (κ3) is 10.7. The molecule has 0 saturated heterocycles. The van der Waals surface area contributed by atoms with Crippen LogP contribution in [0.2, 0.25) is 0 Å². The quantitative estimate of drug-likeness (QED) is 0.0512. The number of hydrogen-bond donors (Lipinski definition) is 2. The van der Waals surface area contributed by atoms with E-state index in [1.807, 2.05) is 100 Å². The first-order chi connectivity index (χ1) is 31.1. The molecule has 340 valence electrons. The number of rotatable bonds is 20. The molecule has 0 unspecified atom stereocenters. The molecule has 4 aromatic carbocycles.